The van der Waals surface area contributed by atoms with Crippen LogP contribution in [0.2, 0.25) is 0 Å². The third kappa shape index (κ3) is 3.34. The molecule has 1 aliphatic rings. The number of amides is 1. The van der Waals surface area contributed by atoms with E-state index < -0.39 is 0 Å². The second-order valence-electron chi connectivity index (χ2n) is 6.08. The first kappa shape index (κ1) is 15.9. The minimum absolute atomic E-state index is 0.0109. The molecular weight excluding hydrogens is 308 g/mol. The van der Waals surface area contributed by atoms with Gasteiger partial charge in [0, 0.05) is 22.7 Å². The fourth-order valence-electron chi connectivity index (χ4n) is 2.87. The number of aromatic nitrogens is 1. The molecule has 120 valence electrons. The fraction of sp³-hybridized carbons (Fsp3) is 0.333. The lowest BCUT2D eigenvalue weighted by Gasteiger charge is -2.11. The van der Waals surface area contributed by atoms with Crippen molar-refractivity contribution in [1.82, 2.24) is 10.3 Å². The molecule has 5 heteroatoms. The van der Waals surface area contributed by atoms with E-state index in [9.17, 15) is 9.59 Å². The predicted octanol–water partition coefficient (Wildman–Crippen LogP) is 2.63. The lowest BCUT2D eigenvalue weighted by atomic mass is 10.1. The minimum atomic E-state index is -0.124. The van der Waals surface area contributed by atoms with Crippen molar-refractivity contribution in [3.63, 3.8) is 0 Å². The maximum Gasteiger partial charge on any atom is 0.253 e. The van der Waals surface area contributed by atoms with Gasteiger partial charge in [-0.2, -0.15) is 0 Å². The highest BCUT2D eigenvalue weighted by Gasteiger charge is 2.28. The number of fused-ring (bicyclic) bond motifs is 1. The number of aromatic amines is 1. The van der Waals surface area contributed by atoms with Crippen molar-refractivity contribution in [3.8, 4) is 0 Å². The van der Waals surface area contributed by atoms with Gasteiger partial charge in [-0.05, 0) is 50.5 Å². The molecule has 3 rings (SSSR count). The molecule has 4 nitrogen and oxygen atoms in total. The van der Waals surface area contributed by atoms with Gasteiger partial charge < -0.3 is 10.3 Å². The molecule has 0 saturated heterocycles. The standard InChI is InChI=1S/C18H20N2O2S/c1-10-4-5-13-8-16(23-15(13)6-10)18(22)19-9-14-11(2)7-12(3)20-17(14)21/h4-7,16H,8-9H2,1-3H3,(H,19,22)(H,20,21)/t16-/m1/s1. The first-order chi connectivity index (χ1) is 10.9. The Hall–Kier alpha value is -2.01. The Morgan fingerprint density at radius 3 is 2.83 bits per heavy atom. The van der Waals surface area contributed by atoms with E-state index in [1.54, 1.807) is 11.8 Å². The van der Waals surface area contributed by atoms with E-state index in [2.05, 4.69) is 35.4 Å². The molecule has 1 aromatic heterocycles. The lowest BCUT2D eigenvalue weighted by molar-refractivity contribution is -0.120. The van der Waals surface area contributed by atoms with Crippen LogP contribution < -0.4 is 10.9 Å². The van der Waals surface area contributed by atoms with Crippen LogP contribution in [0.1, 0.15) is 27.9 Å². The maximum atomic E-state index is 12.4. The van der Waals surface area contributed by atoms with Crippen molar-refractivity contribution >= 4 is 17.7 Å². The first-order valence-electron chi connectivity index (χ1n) is 7.67. The van der Waals surface area contributed by atoms with E-state index in [1.807, 2.05) is 19.9 Å². The van der Waals surface area contributed by atoms with Gasteiger partial charge in [-0.1, -0.05) is 17.7 Å². The van der Waals surface area contributed by atoms with Crippen LogP contribution in [0.25, 0.3) is 0 Å². The summed E-state index contributed by atoms with van der Waals surface area (Å²) in [5.74, 6) is -0.0109. The number of hydrogen-bond donors (Lipinski definition) is 2. The third-order valence-corrected chi connectivity index (χ3v) is 5.42. The average Bonchev–Trinajstić information content (AvgIpc) is 2.88. The van der Waals surface area contributed by atoms with Gasteiger partial charge in [-0.3, -0.25) is 9.59 Å². The van der Waals surface area contributed by atoms with Crippen LogP contribution in [-0.2, 0) is 17.8 Å². The van der Waals surface area contributed by atoms with Crippen LogP contribution in [0, 0.1) is 20.8 Å². The second kappa shape index (κ2) is 6.24. The summed E-state index contributed by atoms with van der Waals surface area (Å²) < 4.78 is 0. The zero-order valence-electron chi connectivity index (χ0n) is 13.5. The zero-order chi connectivity index (χ0) is 16.6. The quantitative estimate of drug-likeness (QED) is 0.910. The van der Waals surface area contributed by atoms with E-state index in [0.717, 1.165) is 17.7 Å². The molecule has 2 N–H and O–H groups in total. The highest BCUT2D eigenvalue weighted by molar-refractivity contribution is 8.01. The Bertz CT molecular complexity index is 826. The molecule has 0 saturated carbocycles. The molecule has 2 heterocycles. The third-order valence-electron chi connectivity index (χ3n) is 4.12. The summed E-state index contributed by atoms with van der Waals surface area (Å²) in [7, 11) is 0. The number of benzene rings is 1. The van der Waals surface area contributed by atoms with Gasteiger partial charge in [0.2, 0.25) is 5.91 Å². The number of carbonyl (C=O) groups is 1. The van der Waals surface area contributed by atoms with Crippen LogP contribution in [0.3, 0.4) is 0 Å². The normalized spacial score (nSPS) is 16.2. The van der Waals surface area contributed by atoms with Crippen molar-refractivity contribution in [3.05, 3.63) is 62.6 Å². The molecule has 0 fully saturated rings. The van der Waals surface area contributed by atoms with Gasteiger partial charge >= 0.3 is 0 Å². The van der Waals surface area contributed by atoms with Crippen molar-refractivity contribution in [1.29, 1.82) is 0 Å². The molecule has 0 spiro atoms. The summed E-state index contributed by atoms with van der Waals surface area (Å²) >= 11 is 1.61. The maximum absolute atomic E-state index is 12.4. The Kier molecular flexibility index (Phi) is 4.31. The number of nitrogens with one attached hydrogen (secondary N) is 2. The topological polar surface area (TPSA) is 62.0 Å². The van der Waals surface area contributed by atoms with Crippen LogP contribution >= 0.6 is 11.8 Å². The Morgan fingerprint density at radius 1 is 1.30 bits per heavy atom. The lowest BCUT2D eigenvalue weighted by Crippen LogP contribution is -2.34. The molecule has 1 aromatic carbocycles. The van der Waals surface area contributed by atoms with Gasteiger partial charge in [0.25, 0.3) is 5.56 Å². The summed E-state index contributed by atoms with van der Waals surface area (Å²) in [5.41, 5.74) is 4.68. The number of carbonyl (C=O) groups excluding carboxylic acids is 1. The van der Waals surface area contributed by atoms with Gasteiger partial charge in [0.15, 0.2) is 0 Å². The number of aryl methyl sites for hydroxylation is 3. The average molecular weight is 328 g/mol. The van der Waals surface area contributed by atoms with E-state index >= 15 is 0 Å². The zero-order valence-corrected chi connectivity index (χ0v) is 14.3. The second-order valence-corrected chi connectivity index (χ2v) is 7.33. The molecule has 23 heavy (non-hydrogen) atoms. The Labute approximate surface area is 139 Å². The van der Waals surface area contributed by atoms with Gasteiger partial charge in [0.1, 0.15) is 0 Å². The molecule has 1 atom stereocenters. The van der Waals surface area contributed by atoms with E-state index in [1.165, 1.54) is 16.0 Å². The van der Waals surface area contributed by atoms with E-state index in [4.69, 9.17) is 0 Å². The highest BCUT2D eigenvalue weighted by atomic mass is 32.2. The van der Waals surface area contributed by atoms with Crippen LogP contribution in [0.5, 0.6) is 0 Å². The van der Waals surface area contributed by atoms with E-state index in [-0.39, 0.29) is 23.3 Å². The van der Waals surface area contributed by atoms with Crippen molar-refractivity contribution in [2.45, 2.75) is 43.9 Å². The predicted molar refractivity (Wildman–Crippen MR) is 92.9 cm³/mol. The summed E-state index contributed by atoms with van der Waals surface area (Å²) in [6.07, 6.45) is 0.745. The van der Waals surface area contributed by atoms with Crippen LogP contribution in [-0.4, -0.2) is 16.1 Å². The Balaban J connectivity index is 1.67. The van der Waals surface area contributed by atoms with Crippen molar-refractivity contribution < 1.29 is 4.79 Å². The minimum Gasteiger partial charge on any atom is -0.351 e. The Morgan fingerprint density at radius 2 is 2.09 bits per heavy atom. The van der Waals surface area contributed by atoms with Gasteiger partial charge in [-0.15, -0.1) is 11.8 Å². The number of pyridine rings is 1. The fourth-order valence-corrected chi connectivity index (χ4v) is 4.19. The smallest absolute Gasteiger partial charge is 0.253 e. The van der Waals surface area contributed by atoms with Gasteiger partial charge in [0.05, 0.1) is 5.25 Å². The molecule has 2 aromatic rings. The molecule has 0 aliphatic carbocycles. The molecule has 0 unspecified atom stereocenters. The van der Waals surface area contributed by atoms with Crippen molar-refractivity contribution in [2.24, 2.45) is 0 Å². The largest absolute Gasteiger partial charge is 0.351 e. The molecule has 0 bridgehead atoms. The molecule has 1 aliphatic heterocycles. The number of rotatable bonds is 3. The summed E-state index contributed by atoms with van der Waals surface area (Å²) in [4.78, 5) is 28.4. The molecule has 1 amide bonds. The number of H-pyrrole nitrogens is 1. The summed E-state index contributed by atoms with van der Waals surface area (Å²) in [5, 5.41) is 2.80. The van der Waals surface area contributed by atoms with E-state index in [0.29, 0.717) is 5.56 Å². The summed E-state index contributed by atoms with van der Waals surface area (Å²) in [6, 6.07) is 8.22. The first-order valence-corrected chi connectivity index (χ1v) is 8.55. The molecular formula is C18H20N2O2S. The van der Waals surface area contributed by atoms with Crippen LogP contribution in [0.4, 0.5) is 0 Å². The van der Waals surface area contributed by atoms with Crippen molar-refractivity contribution in [2.75, 3.05) is 0 Å². The van der Waals surface area contributed by atoms with Crippen LogP contribution in [0.15, 0.2) is 34.0 Å². The highest BCUT2D eigenvalue weighted by Crippen LogP contribution is 2.37. The number of thioether (sulfide) groups is 1. The summed E-state index contributed by atoms with van der Waals surface area (Å²) in [6.45, 7) is 6.07. The van der Waals surface area contributed by atoms with Gasteiger partial charge in [-0.25, -0.2) is 0 Å². The SMILES string of the molecule is Cc1ccc2c(c1)S[C@@H](C(=O)NCc1c(C)cc(C)[nH]c1=O)C2. The number of hydrogen-bond acceptors (Lipinski definition) is 3. The molecule has 0 radical (unpaired) electrons. The monoisotopic (exact) mass is 328 g/mol.